The molecule has 0 bridgehead atoms. The maximum atomic E-state index is 7.01. The molecule has 71 heavy (non-hydrogen) atoms. The van der Waals surface area contributed by atoms with Crippen LogP contribution in [0.3, 0.4) is 0 Å². The van der Waals surface area contributed by atoms with E-state index in [-0.39, 0.29) is 26.5 Å². The van der Waals surface area contributed by atoms with Gasteiger partial charge < -0.3 is 19.5 Å². The molecule has 2 aromatic heterocycles. The summed E-state index contributed by atoms with van der Waals surface area (Å²) in [4.78, 5) is 7.08. The summed E-state index contributed by atoms with van der Waals surface area (Å²) in [7, 11) is 1.86. The molecule has 0 fully saturated rings. The molecule has 0 spiro atoms. The van der Waals surface area contributed by atoms with Crippen LogP contribution in [0.25, 0.3) is 49.9 Å². The zero-order valence-corrected chi connectivity index (χ0v) is 42.9. The Balaban J connectivity index is 0.00000547. The van der Waals surface area contributed by atoms with Crippen LogP contribution in [0, 0.1) is 19.2 Å². The Morgan fingerprint density at radius 3 is 1.82 bits per heavy atom. The van der Waals surface area contributed by atoms with Crippen molar-refractivity contribution >= 4 is 73.4 Å². The largest absolute Gasteiger partial charge is 0.509 e. The van der Waals surface area contributed by atoms with Gasteiger partial charge in [0.1, 0.15) is 5.82 Å². The maximum absolute atomic E-state index is 7.01. The zero-order valence-electron chi connectivity index (χ0n) is 39.6. The van der Waals surface area contributed by atoms with Gasteiger partial charge in [-0.1, -0.05) is 196 Å². The monoisotopic (exact) mass is 1110 g/mol. The second-order valence-corrected chi connectivity index (χ2v) is 22.7. The summed E-state index contributed by atoms with van der Waals surface area (Å²) in [6, 6.07) is 84.7. The molecule has 0 saturated carbocycles. The molecule has 0 radical (unpaired) electrons. The minimum atomic E-state index is -2.88. The van der Waals surface area contributed by atoms with Crippen LogP contribution in [0.1, 0.15) is 26.3 Å². The van der Waals surface area contributed by atoms with Crippen LogP contribution >= 0.6 is 0 Å². The van der Waals surface area contributed by atoms with Gasteiger partial charge in [-0.15, -0.1) is 40.9 Å². The van der Waals surface area contributed by atoms with Gasteiger partial charge in [-0.05, 0) is 73.4 Å². The van der Waals surface area contributed by atoms with Crippen LogP contribution in [0.15, 0.2) is 225 Å². The standard InChI is InChI=1S/C64H49N4OSi.Pt/c1-64(2,3)46-38-39-65-60(40-46)68-56-36-21-37-58-61(56)62-57(68)42-49(43-59(62)70(58,50-28-13-7-14-29-50)51-30-15-8-16-31-51)69-48-27-19-26-47(41-48)66-54-34-17-18-35-55(54)67(4)63-52(44-22-9-5-10-23-44)32-20-33-53(63)45-24-11-6-12-25-45;/h5-40,43,66H,4H2,1-3H3;/q-3;. The first kappa shape index (κ1) is 45.7. The molecule has 1 aliphatic rings. The fourth-order valence-corrected chi connectivity index (χ4v) is 15.8. The average Bonchev–Trinajstić information content (AvgIpc) is 3.90. The van der Waals surface area contributed by atoms with Gasteiger partial charge in [0.25, 0.3) is 0 Å². The Bertz CT molecular complexity index is 3620. The predicted octanol–water partition coefficient (Wildman–Crippen LogP) is 13.6. The van der Waals surface area contributed by atoms with E-state index in [2.05, 4.69) is 225 Å². The predicted molar refractivity (Wildman–Crippen MR) is 293 cm³/mol. The number of aromatic nitrogens is 2. The Kier molecular flexibility index (Phi) is 11.9. The van der Waals surface area contributed by atoms with E-state index < -0.39 is 8.07 Å². The molecule has 0 unspecified atom stereocenters. The number of hydrogen-bond donors (Lipinski definition) is 1. The molecule has 1 N–H and O–H groups in total. The topological polar surface area (TPSA) is 42.3 Å². The number of ether oxygens (including phenoxy) is 1. The van der Waals surface area contributed by atoms with Gasteiger partial charge in [-0.25, -0.2) is 4.98 Å². The zero-order chi connectivity index (χ0) is 47.4. The van der Waals surface area contributed by atoms with Crippen molar-refractivity contribution in [1.29, 1.82) is 0 Å². The summed E-state index contributed by atoms with van der Waals surface area (Å²) in [5, 5.41) is 11.4. The molecule has 348 valence electrons. The summed E-state index contributed by atoms with van der Waals surface area (Å²) in [5.41, 5.74) is 11.1. The molecule has 0 saturated heterocycles. The molecule has 0 aliphatic carbocycles. The SMILES string of the molecule is [CH2-]N(c1ccccc1Nc1[c-]c(Oc2[c-]c3c4c(c2)[Si](c2ccccc2)(c2ccccc2)c2cccc(c24)n3-c2cc(C(C)(C)C)ccn2)ccc1)c1c(-c2ccccc2)cccc1-c1ccccc1.[Pt]. The Morgan fingerprint density at radius 1 is 0.577 bits per heavy atom. The van der Waals surface area contributed by atoms with E-state index in [0.29, 0.717) is 11.5 Å². The Morgan fingerprint density at radius 2 is 1.17 bits per heavy atom. The number of rotatable bonds is 11. The maximum Gasteiger partial charge on any atom is 0.155 e. The van der Waals surface area contributed by atoms with Crippen LogP contribution < -0.4 is 35.7 Å². The summed E-state index contributed by atoms with van der Waals surface area (Å²) in [5.74, 6) is 2.04. The molecule has 7 heteroatoms. The van der Waals surface area contributed by atoms with Crippen molar-refractivity contribution in [3.8, 4) is 39.6 Å². The number of benzene rings is 9. The number of pyridine rings is 1. The summed E-state index contributed by atoms with van der Waals surface area (Å²) in [6.07, 6.45) is 1.93. The molecule has 12 rings (SSSR count). The molecule has 0 amide bonds. The van der Waals surface area contributed by atoms with E-state index >= 15 is 0 Å². The van der Waals surface area contributed by atoms with Crippen LogP contribution in [0.5, 0.6) is 11.5 Å². The number of nitrogens with one attached hydrogen (secondary N) is 1. The molecule has 3 heterocycles. The molecule has 5 nitrogen and oxygen atoms in total. The van der Waals surface area contributed by atoms with Crippen molar-refractivity contribution in [2.24, 2.45) is 0 Å². The van der Waals surface area contributed by atoms with Crippen molar-refractivity contribution < 1.29 is 25.8 Å². The second-order valence-electron chi connectivity index (χ2n) is 19.0. The van der Waals surface area contributed by atoms with E-state index in [4.69, 9.17) is 16.8 Å². The van der Waals surface area contributed by atoms with E-state index in [0.717, 1.165) is 61.9 Å². The van der Waals surface area contributed by atoms with Crippen LogP contribution in [0.2, 0.25) is 0 Å². The summed E-state index contributed by atoms with van der Waals surface area (Å²) < 4.78 is 9.30. The van der Waals surface area contributed by atoms with Gasteiger partial charge in [-0.3, -0.25) is 7.05 Å². The van der Waals surface area contributed by atoms with Gasteiger partial charge in [0.15, 0.2) is 8.07 Å². The normalized spacial score (nSPS) is 12.5. The first-order valence-electron chi connectivity index (χ1n) is 23.8. The third kappa shape index (κ3) is 7.88. The van der Waals surface area contributed by atoms with Gasteiger partial charge in [0.05, 0.1) is 5.69 Å². The third-order valence-electron chi connectivity index (χ3n) is 13.8. The second kappa shape index (κ2) is 18.5. The summed E-state index contributed by atoms with van der Waals surface area (Å²) in [6.45, 7) is 6.74. The smallest absolute Gasteiger partial charge is 0.155 e. The molecule has 11 aromatic rings. The van der Waals surface area contributed by atoms with E-state index in [1.54, 1.807) is 0 Å². The average molecular weight is 1110 g/mol. The van der Waals surface area contributed by atoms with Gasteiger partial charge in [-0.2, -0.15) is 6.07 Å². The first-order valence-corrected chi connectivity index (χ1v) is 25.8. The van der Waals surface area contributed by atoms with E-state index in [9.17, 15) is 0 Å². The molecule has 0 atom stereocenters. The van der Waals surface area contributed by atoms with Crippen molar-refractivity contribution in [2.75, 3.05) is 10.2 Å². The molecule has 9 aromatic carbocycles. The number of para-hydroxylation sites is 3. The Labute approximate surface area is 431 Å². The fourth-order valence-electron chi connectivity index (χ4n) is 10.6. The van der Waals surface area contributed by atoms with Gasteiger partial charge in [0.2, 0.25) is 0 Å². The minimum absolute atomic E-state index is 0. The van der Waals surface area contributed by atoms with Crippen LogP contribution in [0.4, 0.5) is 22.7 Å². The van der Waals surface area contributed by atoms with Crippen molar-refractivity contribution in [3.63, 3.8) is 0 Å². The van der Waals surface area contributed by atoms with E-state index in [1.165, 1.54) is 37.1 Å². The summed E-state index contributed by atoms with van der Waals surface area (Å²) >= 11 is 0. The van der Waals surface area contributed by atoms with E-state index in [1.807, 2.05) is 47.5 Å². The van der Waals surface area contributed by atoms with Crippen molar-refractivity contribution in [1.82, 2.24) is 9.55 Å². The fraction of sp³-hybridized carbons (Fsp3) is 0.0625. The third-order valence-corrected chi connectivity index (χ3v) is 18.6. The number of hydrogen-bond acceptors (Lipinski definition) is 4. The number of nitrogens with zero attached hydrogens (tertiary/aromatic N) is 3. The molecular weight excluding hydrogens is 1060 g/mol. The van der Waals surface area contributed by atoms with Crippen LogP contribution in [-0.2, 0) is 26.5 Å². The van der Waals surface area contributed by atoms with Crippen molar-refractivity contribution in [2.45, 2.75) is 26.2 Å². The Hall–Kier alpha value is -7.76. The number of anilines is 4. The van der Waals surface area contributed by atoms with Gasteiger partial charge >= 0.3 is 0 Å². The minimum Gasteiger partial charge on any atom is -0.509 e. The van der Waals surface area contributed by atoms with Crippen LogP contribution in [-0.4, -0.2) is 17.6 Å². The molecule has 1 aliphatic heterocycles. The first-order chi connectivity index (χ1) is 34.3. The molecular formula is C64H49N4OPtSi-3. The quantitative estimate of drug-likeness (QED) is 0.104. The van der Waals surface area contributed by atoms with Gasteiger partial charge in [0, 0.05) is 66.8 Å². The van der Waals surface area contributed by atoms with Crippen molar-refractivity contribution in [3.05, 3.63) is 249 Å².